The summed E-state index contributed by atoms with van der Waals surface area (Å²) in [6.45, 7) is 1.78. The van der Waals surface area contributed by atoms with Crippen LogP contribution < -0.4 is 11.1 Å². The molecule has 1 aliphatic heterocycles. The highest BCUT2D eigenvalue weighted by Crippen LogP contribution is 2.44. The predicted octanol–water partition coefficient (Wildman–Crippen LogP) is 2.96. The third-order valence-corrected chi connectivity index (χ3v) is 5.59. The van der Waals surface area contributed by atoms with E-state index in [0.29, 0.717) is 17.9 Å². The molecule has 0 aromatic carbocycles. The van der Waals surface area contributed by atoms with E-state index in [9.17, 15) is 0 Å². The van der Waals surface area contributed by atoms with Gasteiger partial charge in [-0.2, -0.15) is 0 Å². The van der Waals surface area contributed by atoms with Gasteiger partial charge < -0.3 is 15.8 Å². The summed E-state index contributed by atoms with van der Waals surface area (Å²) in [7, 11) is 0. The molecule has 4 nitrogen and oxygen atoms in total. The molecule has 120 valence electrons. The van der Waals surface area contributed by atoms with Gasteiger partial charge in [0, 0.05) is 19.2 Å². The molecule has 1 heterocycles. The first kappa shape index (κ1) is 15.1. The van der Waals surface area contributed by atoms with Crippen molar-refractivity contribution in [3.63, 3.8) is 0 Å². The highest BCUT2D eigenvalue weighted by molar-refractivity contribution is 5.78. The lowest BCUT2D eigenvalue weighted by Gasteiger charge is -2.47. The minimum Gasteiger partial charge on any atom is -0.375 e. The fraction of sp³-hybridized carbons (Fsp3) is 0.941. The monoisotopic (exact) mass is 293 g/mol. The Bertz CT molecular complexity index is 357. The van der Waals surface area contributed by atoms with Gasteiger partial charge in [0.2, 0.25) is 0 Å². The van der Waals surface area contributed by atoms with Gasteiger partial charge in [0.05, 0.1) is 5.60 Å². The van der Waals surface area contributed by atoms with Crippen LogP contribution in [0.25, 0.3) is 0 Å². The fourth-order valence-electron chi connectivity index (χ4n) is 4.11. The largest absolute Gasteiger partial charge is 0.375 e. The van der Waals surface area contributed by atoms with E-state index in [2.05, 4.69) is 10.3 Å². The number of hydrogen-bond donors (Lipinski definition) is 2. The summed E-state index contributed by atoms with van der Waals surface area (Å²) >= 11 is 0. The first-order valence-corrected chi connectivity index (χ1v) is 8.96. The maximum atomic E-state index is 6.09. The number of guanidine groups is 1. The molecule has 21 heavy (non-hydrogen) atoms. The van der Waals surface area contributed by atoms with Crippen LogP contribution in [-0.2, 0) is 4.74 Å². The fourth-order valence-corrected chi connectivity index (χ4v) is 4.11. The molecular weight excluding hydrogens is 262 g/mol. The normalized spacial score (nSPS) is 30.7. The molecule has 1 atom stereocenters. The van der Waals surface area contributed by atoms with E-state index < -0.39 is 0 Å². The second-order valence-electron chi connectivity index (χ2n) is 7.30. The molecule has 1 unspecified atom stereocenters. The van der Waals surface area contributed by atoms with Crippen LogP contribution in [0.5, 0.6) is 0 Å². The quantitative estimate of drug-likeness (QED) is 0.478. The Hall–Kier alpha value is -0.770. The Labute approximate surface area is 128 Å². The van der Waals surface area contributed by atoms with Crippen molar-refractivity contribution in [1.29, 1.82) is 0 Å². The van der Waals surface area contributed by atoms with Gasteiger partial charge in [-0.25, -0.2) is 0 Å². The maximum Gasteiger partial charge on any atom is 0.188 e. The van der Waals surface area contributed by atoms with Gasteiger partial charge in [-0.15, -0.1) is 0 Å². The average Bonchev–Trinajstić information content (AvgIpc) is 2.72. The second-order valence-corrected chi connectivity index (χ2v) is 7.30. The van der Waals surface area contributed by atoms with Crippen molar-refractivity contribution in [2.45, 2.75) is 82.3 Å². The topological polar surface area (TPSA) is 59.6 Å². The van der Waals surface area contributed by atoms with Crippen molar-refractivity contribution in [2.24, 2.45) is 16.6 Å². The summed E-state index contributed by atoms with van der Waals surface area (Å²) in [5, 5.41) is 3.44. The Morgan fingerprint density at radius 1 is 1.10 bits per heavy atom. The Balaban J connectivity index is 1.43. The number of aliphatic imine (C=N–C) groups is 1. The molecule has 4 heteroatoms. The molecule has 1 saturated heterocycles. The summed E-state index contributed by atoms with van der Waals surface area (Å²) < 4.78 is 5.98. The van der Waals surface area contributed by atoms with Gasteiger partial charge in [-0.1, -0.05) is 25.7 Å². The molecule has 0 aromatic rings. The first-order chi connectivity index (χ1) is 10.3. The molecule has 0 bridgehead atoms. The number of ether oxygens (including phenoxy) is 1. The molecule has 3 N–H and O–H groups in total. The zero-order chi connectivity index (χ0) is 14.5. The molecule has 2 saturated carbocycles. The zero-order valence-corrected chi connectivity index (χ0v) is 13.3. The third kappa shape index (κ3) is 4.12. The Morgan fingerprint density at radius 2 is 1.86 bits per heavy atom. The van der Waals surface area contributed by atoms with Crippen LogP contribution in [0.3, 0.4) is 0 Å². The molecule has 2 aliphatic carbocycles. The average molecular weight is 293 g/mol. The third-order valence-electron chi connectivity index (χ3n) is 5.59. The lowest BCUT2D eigenvalue weighted by Crippen LogP contribution is -2.46. The van der Waals surface area contributed by atoms with Crippen molar-refractivity contribution < 1.29 is 4.74 Å². The number of nitrogens with zero attached hydrogens (tertiary/aromatic N) is 1. The molecule has 1 spiro atoms. The highest BCUT2D eigenvalue weighted by atomic mass is 16.5. The van der Waals surface area contributed by atoms with Gasteiger partial charge in [0.15, 0.2) is 5.96 Å². The van der Waals surface area contributed by atoms with E-state index in [0.717, 1.165) is 19.6 Å². The van der Waals surface area contributed by atoms with Crippen molar-refractivity contribution in [3.05, 3.63) is 0 Å². The summed E-state index contributed by atoms with van der Waals surface area (Å²) in [5.41, 5.74) is 6.32. The van der Waals surface area contributed by atoms with E-state index in [4.69, 9.17) is 10.5 Å². The smallest absolute Gasteiger partial charge is 0.188 e. The molecule has 3 aliphatic rings. The zero-order valence-electron chi connectivity index (χ0n) is 13.3. The Kier molecular flexibility index (Phi) is 5.04. The predicted molar refractivity (Wildman–Crippen MR) is 86.4 cm³/mol. The van der Waals surface area contributed by atoms with E-state index >= 15 is 0 Å². The minimum absolute atomic E-state index is 0.224. The molecule has 3 fully saturated rings. The lowest BCUT2D eigenvalue weighted by molar-refractivity contribution is -0.141. The van der Waals surface area contributed by atoms with Crippen molar-refractivity contribution >= 4 is 5.96 Å². The summed E-state index contributed by atoms with van der Waals surface area (Å²) in [4.78, 5) is 4.62. The van der Waals surface area contributed by atoms with Crippen LogP contribution >= 0.6 is 0 Å². The summed E-state index contributed by atoms with van der Waals surface area (Å²) in [5.74, 6) is 1.32. The standard InChI is InChI=1S/C17H31N3O/c18-16(20-15-6-3-1-2-4-7-15)19-13-14-8-11-21-17(12-14)9-5-10-17/h14-15H,1-13H2,(H3,18,19,20). The molecule has 0 amide bonds. The molecule has 3 rings (SSSR count). The second kappa shape index (κ2) is 6.99. The van der Waals surface area contributed by atoms with E-state index in [1.54, 1.807) is 0 Å². The van der Waals surface area contributed by atoms with E-state index in [1.165, 1.54) is 64.2 Å². The number of hydrogen-bond acceptors (Lipinski definition) is 2. The Morgan fingerprint density at radius 3 is 2.52 bits per heavy atom. The summed E-state index contributed by atoms with van der Waals surface area (Å²) in [6.07, 6.45) is 14.1. The van der Waals surface area contributed by atoms with Crippen LogP contribution in [0.1, 0.15) is 70.6 Å². The number of nitrogens with two attached hydrogens (primary N) is 1. The molecule has 0 aromatic heterocycles. The number of nitrogens with one attached hydrogen (secondary N) is 1. The van der Waals surface area contributed by atoms with Gasteiger partial charge in [-0.3, -0.25) is 4.99 Å². The van der Waals surface area contributed by atoms with Crippen LogP contribution in [0.2, 0.25) is 0 Å². The molecular formula is C17H31N3O. The van der Waals surface area contributed by atoms with Crippen LogP contribution in [0, 0.1) is 5.92 Å². The van der Waals surface area contributed by atoms with Crippen molar-refractivity contribution in [2.75, 3.05) is 13.2 Å². The highest BCUT2D eigenvalue weighted by Gasteiger charge is 2.42. The molecule has 0 radical (unpaired) electrons. The van der Waals surface area contributed by atoms with Crippen molar-refractivity contribution in [1.82, 2.24) is 5.32 Å². The van der Waals surface area contributed by atoms with Gasteiger partial charge >= 0.3 is 0 Å². The van der Waals surface area contributed by atoms with Crippen LogP contribution in [0.4, 0.5) is 0 Å². The van der Waals surface area contributed by atoms with Gasteiger partial charge in [-0.05, 0) is 50.9 Å². The van der Waals surface area contributed by atoms with E-state index in [1.807, 2.05) is 0 Å². The minimum atomic E-state index is 0.224. The van der Waals surface area contributed by atoms with Crippen LogP contribution in [0.15, 0.2) is 4.99 Å². The first-order valence-electron chi connectivity index (χ1n) is 8.96. The van der Waals surface area contributed by atoms with Crippen molar-refractivity contribution in [3.8, 4) is 0 Å². The van der Waals surface area contributed by atoms with Gasteiger partial charge in [0.1, 0.15) is 0 Å². The summed E-state index contributed by atoms with van der Waals surface area (Å²) in [6, 6.07) is 0.545. The number of rotatable bonds is 3. The van der Waals surface area contributed by atoms with Gasteiger partial charge in [0.25, 0.3) is 0 Å². The van der Waals surface area contributed by atoms with E-state index in [-0.39, 0.29) is 5.60 Å². The SMILES string of the molecule is NC(=NCC1CCOC2(CCC2)C1)NC1CCCCCC1. The lowest BCUT2D eigenvalue weighted by atomic mass is 9.72. The van der Waals surface area contributed by atoms with Crippen LogP contribution in [-0.4, -0.2) is 30.8 Å². The maximum absolute atomic E-state index is 6.09.